The highest BCUT2D eigenvalue weighted by Gasteiger charge is 2.26. The quantitative estimate of drug-likeness (QED) is 0.584. The number of ether oxygens (including phenoxy) is 4. The van der Waals surface area contributed by atoms with Crippen LogP contribution in [-0.4, -0.2) is 57.4 Å². The van der Waals surface area contributed by atoms with E-state index in [-0.39, 0.29) is 16.8 Å². The van der Waals surface area contributed by atoms with Gasteiger partial charge in [0.05, 0.1) is 31.0 Å². The highest BCUT2D eigenvalue weighted by Crippen LogP contribution is 2.20. The molecule has 1 fully saturated rings. The molecule has 9 nitrogen and oxygen atoms in total. The first-order chi connectivity index (χ1) is 12.5. The summed E-state index contributed by atoms with van der Waals surface area (Å²) in [5.74, 6) is -2.63. The lowest BCUT2D eigenvalue weighted by molar-refractivity contribution is -0.156. The van der Waals surface area contributed by atoms with Crippen LogP contribution in [0.2, 0.25) is 0 Å². The lowest BCUT2D eigenvalue weighted by Crippen LogP contribution is -2.28. The van der Waals surface area contributed by atoms with Gasteiger partial charge in [0.25, 0.3) is 5.91 Å². The number of rotatable bonds is 6. The summed E-state index contributed by atoms with van der Waals surface area (Å²) >= 11 is 0. The SMILES string of the molecule is COC(=O)c1ccc(C(=O)OC)c(NC(=O)COC(=O)[C@@H]2CCCO2)c1. The number of hydrogen-bond donors (Lipinski definition) is 1. The third kappa shape index (κ3) is 4.79. The molecular formula is C17H19NO8. The van der Waals surface area contributed by atoms with Gasteiger partial charge >= 0.3 is 17.9 Å². The Kier molecular flexibility index (Phi) is 6.67. The number of methoxy groups -OCH3 is 2. The Morgan fingerprint density at radius 2 is 1.88 bits per heavy atom. The molecule has 0 aliphatic carbocycles. The molecule has 1 aromatic carbocycles. The molecule has 0 aromatic heterocycles. The van der Waals surface area contributed by atoms with Gasteiger partial charge in [-0.25, -0.2) is 14.4 Å². The molecule has 1 N–H and O–H groups in total. The molecule has 0 saturated carbocycles. The van der Waals surface area contributed by atoms with Crippen molar-refractivity contribution in [1.29, 1.82) is 0 Å². The summed E-state index contributed by atoms with van der Waals surface area (Å²) in [6.07, 6.45) is 0.652. The minimum absolute atomic E-state index is 0.0397. The first-order valence-corrected chi connectivity index (χ1v) is 7.85. The van der Waals surface area contributed by atoms with Gasteiger partial charge in [-0.3, -0.25) is 4.79 Å². The predicted molar refractivity (Wildman–Crippen MR) is 87.7 cm³/mol. The Morgan fingerprint density at radius 1 is 1.15 bits per heavy atom. The summed E-state index contributed by atoms with van der Waals surface area (Å²) in [5, 5.41) is 2.43. The van der Waals surface area contributed by atoms with E-state index in [1.165, 1.54) is 32.4 Å². The van der Waals surface area contributed by atoms with Crippen LogP contribution < -0.4 is 5.32 Å². The average molecular weight is 365 g/mol. The number of anilines is 1. The number of carbonyl (C=O) groups excluding carboxylic acids is 4. The van der Waals surface area contributed by atoms with Crippen molar-refractivity contribution in [3.8, 4) is 0 Å². The Morgan fingerprint density at radius 3 is 2.50 bits per heavy atom. The van der Waals surface area contributed by atoms with Crippen LogP contribution in [0.5, 0.6) is 0 Å². The van der Waals surface area contributed by atoms with Crippen LogP contribution in [0.4, 0.5) is 5.69 Å². The van der Waals surface area contributed by atoms with Crippen LogP contribution in [0, 0.1) is 0 Å². The zero-order valence-corrected chi connectivity index (χ0v) is 14.4. The van der Waals surface area contributed by atoms with Gasteiger partial charge in [-0.15, -0.1) is 0 Å². The van der Waals surface area contributed by atoms with E-state index in [9.17, 15) is 19.2 Å². The van der Waals surface area contributed by atoms with Crippen molar-refractivity contribution in [2.75, 3.05) is 32.8 Å². The molecule has 1 heterocycles. The van der Waals surface area contributed by atoms with E-state index in [1.807, 2.05) is 0 Å². The largest absolute Gasteiger partial charge is 0.465 e. The zero-order valence-electron chi connectivity index (χ0n) is 14.4. The van der Waals surface area contributed by atoms with Gasteiger partial charge in [0.1, 0.15) is 0 Å². The van der Waals surface area contributed by atoms with Crippen LogP contribution >= 0.6 is 0 Å². The van der Waals surface area contributed by atoms with Gasteiger partial charge in [0.15, 0.2) is 12.7 Å². The van der Waals surface area contributed by atoms with Gasteiger partial charge in [0, 0.05) is 6.61 Å². The molecule has 0 bridgehead atoms. The second kappa shape index (κ2) is 8.95. The molecule has 0 radical (unpaired) electrons. The third-order valence-electron chi connectivity index (χ3n) is 3.66. The maximum absolute atomic E-state index is 12.0. The summed E-state index contributed by atoms with van der Waals surface area (Å²) in [4.78, 5) is 47.2. The number of carbonyl (C=O) groups is 4. The fraction of sp³-hybridized carbons (Fsp3) is 0.412. The van der Waals surface area contributed by atoms with Crippen LogP contribution in [0.15, 0.2) is 18.2 Å². The van der Waals surface area contributed by atoms with Crippen molar-refractivity contribution in [3.05, 3.63) is 29.3 Å². The Bertz CT molecular complexity index is 709. The van der Waals surface area contributed by atoms with Gasteiger partial charge in [-0.1, -0.05) is 0 Å². The smallest absolute Gasteiger partial charge is 0.339 e. The van der Waals surface area contributed by atoms with Crippen LogP contribution in [-0.2, 0) is 28.5 Å². The molecule has 1 saturated heterocycles. The minimum atomic E-state index is -0.701. The molecule has 1 amide bonds. The third-order valence-corrected chi connectivity index (χ3v) is 3.66. The molecule has 1 aromatic rings. The van der Waals surface area contributed by atoms with Crippen molar-refractivity contribution in [2.45, 2.75) is 18.9 Å². The standard InChI is InChI=1S/C17H19NO8/c1-23-15(20)10-5-6-11(16(21)24-2)12(8-10)18-14(19)9-26-17(22)13-4-3-7-25-13/h5-6,8,13H,3-4,7,9H2,1-2H3,(H,18,19)/t13-/m0/s1. The van der Waals surface area contributed by atoms with Gasteiger partial charge in [0.2, 0.25) is 0 Å². The Hall–Kier alpha value is -2.94. The summed E-state index contributed by atoms with van der Waals surface area (Å²) in [7, 11) is 2.39. The van der Waals surface area contributed by atoms with Gasteiger partial charge < -0.3 is 24.3 Å². The molecule has 0 spiro atoms. The van der Waals surface area contributed by atoms with Crippen molar-refractivity contribution in [3.63, 3.8) is 0 Å². The maximum Gasteiger partial charge on any atom is 0.339 e. The van der Waals surface area contributed by atoms with Crippen molar-refractivity contribution in [2.24, 2.45) is 0 Å². The van der Waals surface area contributed by atoms with Crippen LogP contribution in [0.1, 0.15) is 33.6 Å². The summed E-state index contributed by atoms with van der Waals surface area (Å²) in [6, 6.07) is 3.97. The summed E-state index contributed by atoms with van der Waals surface area (Å²) < 4.78 is 19.3. The van der Waals surface area contributed by atoms with E-state index < -0.39 is 36.5 Å². The normalized spacial score (nSPS) is 15.8. The zero-order chi connectivity index (χ0) is 19.1. The number of amides is 1. The number of nitrogens with one attached hydrogen (secondary N) is 1. The van der Waals surface area contributed by atoms with Crippen LogP contribution in [0.25, 0.3) is 0 Å². The van der Waals surface area contributed by atoms with E-state index in [4.69, 9.17) is 9.47 Å². The highest BCUT2D eigenvalue weighted by molar-refractivity contribution is 6.04. The highest BCUT2D eigenvalue weighted by atomic mass is 16.6. The topological polar surface area (TPSA) is 117 Å². The minimum Gasteiger partial charge on any atom is -0.465 e. The summed E-state index contributed by atoms with van der Waals surface area (Å²) in [5.41, 5.74) is 0.212. The first kappa shape index (κ1) is 19.4. The van der Waals surface area contributed by atoms with E-state index in [1.54, 1.807) is 0 Å². The maximum atomic E-state index is 12.0. The molecular weight excluding hydrogens is 346 g/mol. The number of benzene rings is 1. The second-order valence-corrected chi connectivity index (χ2v) is 5.40. The lowest BCUT2D eigenvalue weighted by Gasteiger charge is -2.12. The Balaban J connectivity index is 2.07. The Labute approximate surface area is 149 Å². The molecule has 2 rings (SSSR count). The van der Waals surface area contributed by atoms with Gasteiger partial charge in [-0.2, -0.15) is 0 Å². The molecule has 9 heteroatoms. The predicted octanol–water partition coefficient (Wildman–Crippen LogP) is 0.920. The monoisotopic (exact) mass is 365 g/mol. The van der Waals surface area contributed by atoms with E-state index >= 15 is 0 Å². The fourth-order valence-corrected chi connectivity index (χ4v) is 2.36. The summed E-state index contributed by atoms with van der Waals surface area (Å²) in [6.45, 7) is -0.0729. The molecule has 140 valence electrons. The van der Waals surface area contributed by atoms with Crippen molar-refractivity contribution in [1.82, 2.24) is 0 Å². The average Bonchev–Trinajstić information content (AvgIpc) is 3.19. The van der Waals surface area contributed by atoms with E-state index in [0.717, 1.165) is 6.42 Å². The van der Waals surface area contributed by atoms with Crippen LogP contribution in [0.3, 0.4) is 0 Å². The molecule has 26 heavy (non-hydrogen) atoms. The van der Waals surface area contributed by atoms with E-state index in [2.05, 4.69) is 14.8 Å². The molecule has 1 atom stereocenters. The second-order valence-electron chi connectivity index (χ2n) is 5.40. The first-order valence-electron chi connectivity index (χ1n) is 7.85. The van der Waals surface area contributed by atoms with Crippen molar-refractivity contribution >= 4 is 29.5 Å². The van der Waals surface area contributed by atoms with E-state index in [0.29, 0.717) is 13.0 Å². The lowest BCUT2D eigenvalue weighted by atomic mass is 10.1. The molecule has 0 unspecified atom stereocenters. The molecule has 1 aliphatic rings. The number of hydrogen-bond acceptors (Lipinski definition) is 8. The van der Waals surface area contributed by atoms with Gasteiger partial charge in [-0.05, 0) is 31.0 Å². The fourth-order valence-electron chi connectivity index (χ4n) is 2.36. The van der Waals surface area contributed by atoms with Crippen molar-refractivity contribution < 1.29 is 38.1 Å². The molecule has 1 aliphatic heterocycles. The number of esters is 3.